The summed E-state index contributed by atoms with van der Waals surface area (Å²) in [5.74, 6) is -0.444. The Balaban J connectivity index is 1.57. The minimum absolute atomic E-state index is 0.105. The van der Waals surface area contributed by atoms with Gasteiger partial charge in [0.05, 0.1) is 17.1 Å². The average Bonchev–Trinajstić information content (AvgIpc) is 3.26. The third kappa shape index (κ3) is 5.13. The molecule has 36 heavy (non-hydrogen) atoms. The summed E-state index contributed by atoms with van der Waals surface area (Å²) < 4.78 is 33.5. The Hall–Kier alpha value is -3.27. The lowest BCUT2D eigenvalue weighted by atomic mass is 10.1. The van der Waals surface area contributed by atoms with Crippen LogP contribution < -0.4 is 5.32 Å². The number of fused-ring (bicyclic) bond motifs is 1. The van der Waals surface area contributed by atoms with Crippen LogP contribution in [0.25, 0.3) is 11.0 Å². The van der Waals surface area contributed by atoms with Gasteiger partial charge in [-0.1, -0.05) is 41.9 Å². The Morgan fingerprint density at radius 3 is 2.14 bits per heavy atom. The molecule has 9 heteroatoms. The lowest BCUT2D eigenvalue weighted by molar-refractivity contribution is 0.0997. The highest BCUT2D eigenvalue weighted by molar-refractivity contribution is 9.10. The summed E-state index contributed by atoms with van der Waals surface area (Å²) in [6, 6.07) is 20.0. The van der Waals surface area contributed by atoms with Crippen molar-refractivity contribution >= 4 is 54.2 Å². The number of para-hydroxylation sites is 1. The van der Waals surface area contributed by atoms with E-state index in [4.69, 9.17) is 4.42 Å². The molecular formula is C27H25BrN2O5S. The summed E-state index contributed by atoms with van der Waals surface area (Å²) in [5.41, 5.74) is 1.78. The Morgan fingerprint density at radius 2 is 1.50 bits per heavy atom. The number of carbonyl (C=O) groups excluding carboxylic acids is 2. The van der Waals surface area contributed by atoms with Gasteiger partial charge >= 0.3 is 0 Å². The fraction of sp³-hybridized carbons (Fsp3) is 0.185. The molecule has 0 atom stereocenters. The van der Waals surface area contributed by atoms with E-state index in [-0.39, 0.29) is 28.8 Å². The molecule has 0 fully saturated rings. The van der Waals surface area contributed by atoms with Crippen LogP contribution in [-0.2, 0) is 10.0 Å². The zero-order valence-electron chi connectivity index (χ0n) is 19.8. The Kier molecular flexibility index (Phi) is 7.73. The zero-order chi connectivity index (χ0) is 25.9. The maximum Gasteiger partial charge on any atom is 0.243 e. The topological polar surface area (TPSA) is 96.7 Å². The van der Waals surface area contributed by atoms with Crippen LogP contribution in [0.3, 0.4) is 0 Å². The summed E-state index contributed by atoms with van der Waals surface area (Å²) in [5, 5.41) is 3.76. The molecule has 0 aliphatic heterocycles. The second-order valence-corrected chi connectivity index (χ2v) is 10.9. The highest BCUT2D eigenvalue weighted by Crippen LogP contribution is 2.32. The van der Waals surface area contributed by atoms with Gasteiger partial charge in [0.25, 0.3) is 0 Å². The van der Waals surface area contributed by atoms with Gasteiger partial charge in [-0.15, -0.1) is 0 Å². The number of nitrogens with zero attached hydrogens (tertiary/aromatic N) is 1. The molecule has 0 aliphatic carbocycles. The van der Waals surface area contributed by atoms with Gasteiger partial charge in [-0.3, -0.25) is 9.59 Å². The molecule has 1 aromatic heterocycles. The minimum atomic E-state index is -3.61. The van der Waals surface area contributed by atoms with Gasteiger partial charge < -0.3 is 9.73 Å². The van der Waals surface area contributed by atoms with E-state index in [2.05, 4.69) is 21.2 Å². The number of hydrogen-bond donors (Lipinski definition) is 1. The fourth-order valence-electron chi connectivity index (χ4n) is 3.91. The quantitative estimate of drug-likeness (QED) is 0.244. The second kappa shape index (κ2) is 10.8. The van der Waals surface area contributed by atoms with E-state index in [9.17, 15) is 18.0 Å². The first-order valence-electron chi connectivity index (χ1n) is 11.4. The number of rotatable bonds is 10. The molecule has 0 bridgehead atoms. The van der Waals surface area contributed by atoms with Crippen molar-refractivity contribution in [3.8, 4) is 0 Å². The lowest BCUT2D eigenvalue weighted by Gasteiger charge is -2.18. The van der Waals surface area contributed by atoms with Crippen LogP contribution in [0.15, 0.2) is 86.6 Å². The van der Waals surface area contributed by atoms with Crippen LogP contribution in [-0.4, -0.2) is 43.9 Å². The molecule has 0 unspecified atom stereocenters. The SMILES string of the molecule is CCN(CC)S(=O)(=O)c1ccc(C(=O)CNc2c(C(=O)c3ccc(Br)cc3)oc3ccccc23)cc1. The molecule has 0 radical (unpaired) electrons. The lowest BCUT2D eigenvalue weighted by Crippen LogP contribution is -2.30. The molecule has 3 aromatic carbocycles. The first-order valence-corrected chi connectivity index (χ1v) is 13.7. The third-order valence-electron chi connectivity index (χ3n) is 5.85. The van der Waals surface area contributed by atoms with Gasteiger partial charge in [0.15, 0.2) is 11.5 Å². The molecular weight excluding hydrogens is 544 g/mol. The predicted molar refractivity (Wildman–Crippen MR) is 143 cm³/mol. The zero-order valence-corrected chi connectivity index (χ0v) is 22.2. The van der Waals surface area contributed by atoms with Gasteiger partial charge in [-0.05, 0) is 60.7 Å². The molecule has 1 N–H and O–H groups in total. The number of nitrogens with one attached hydrogen (secondary N) is 1. The molecule has 0 aliphatic rings. The number of hydrogen-bond acceptors (Lipinski definition) is 6. The van der Waals surface area contributed by atoms with E-state index in [1.807, 2.05) is 18.2 Å². The van der Waals surface area contributed by atoms with E-state index < -0.39 is 10.0 Å². The highest BCUT2D eigenvalue weighted by Gasteiger charge is 2.24. The Bertz CT molecular complexity index is 1510. The van der Waals surface area contributed by atoms with E-state index in [1.54, 1.807) is 44.2 Å². The van der Waals surface area contributed by atoms with Crippen LogP contribution in [0.1, 0.15) is 40.3 Å². The van der Waals surface area contributed by atoms with E-state index in [0.29, 0.717) is 40.9 Å². The van der Waals surface area contributed by atoms with Crippen molar-refractivity contribution in [2.24, 2.45) is 0 Å². The van der Waals surface area contributed by atoms with Crippen LogP contribution in [0.5, 0.6) is 0 Å². The number of ketones is 2. The summed E-state index contributed by atoms with van der Waals surface area (Å²) in [7, 11) is -3.61. The number of furan rings is 1. The average molecular weight is 569 g/mol. The van der Waals surface area contributed by atoms with Crippen LogP contribution in [0.4, 0.5) is 5.69 Å². The predicted octanol–water partition coefficient (Wildman–Crippen LogP) is 5.75. The number of anilines is 1. The van der Waals surface area contributed by atoms with Crippen LogP contribution in [0.2, 0.25) is 0 Å². The van der Waals surface area contributed by atoms with Gasteiger partial charge in [0.2, 0.25) is 15.8 Å². The maximum absolute atomic E-state index is 13.2. The van der Waals surface area contributed by atoms with E-state index in [0.717, 1.165) is 4.47 Å². The van der Waals surface area contributed by atoms with Crippen LogP contribution >= 0.6 is 15.9 Å². The second-order valence-electron chi connectivity index (χ2n) is 8.03. The summed E-state index contributed by atoms with van der Waals surface area (Å²) in [6.45, 7) is 4.18. The number of carbonyl (C=O) groups is 2. The van der Waals surface area contributed by atoms with Crippen molar-refractivity contribution in [1.29, 1.82) is 0 Å². The first-order chi connectivity index (χ1) is 17.3. The number of benzene rings is 3. The molecule has 0 saturated carbocycles. The van der Waals surface area contributed by atoms with Gasteiger partial charge in [-0.2, -0.15) is 4.31 Å². The van der Waals surface area contributed by atoms with Gasteiger partial charge in [0.1, 0.15) is 5.58 Å². The van der Waals surface area contributed by atoms with Crippen molar-refractivity contribution in [1.82, 2.24) is 4.31 Å². The number of halogens is 1. The van der Waals surface area contributed by atoms with Crippen molar-refractivity contribution in [2.45, 2.75) is 18.7 Å². The number of Topliss-reactive ketones (excluding diaryl/α,β-unsaturated/α-hetero) is 1. The van der Waals surface area contributed by atoms with Crippen molar-refractivity contribution < 1.29 is 22.4 Å². The summed E-state index contributed by atoms with van der Waals surface area (Å²) >= 11 is 3.37. The molecule has 186 valence electrons. The van der Waals surface area contributed by atoms with Gasteiger partial charge in [-0.25, -0.2) is 8.42 Å². The largest absolute Gasteiger partial charge is 0.450 e. The summed E-state index contributed by atoms with van der Waals surface area (Å²) in [6.07, 6.45) is 0. The van der Waals surface area contributed by atoms with Crippen molar-refractivity contribution in [2.75, 3.05) is 25.0 Å². The Morgan fingerprint density at radius 1 is 0.889 bits per heavy atom. The third-order valence-corrected chi connectivity index (χ3v) is 8.45. The molecule has 1 heterocycles. The van der Waals surface area contributed by atoms with E-state index in [1.165, 1.54) is 28.6 Å². The molecule has 4 rings (SSSR count). The first kappa shape index (κ1) is 25.8. The highest BCUT2D eigenvalue weighted by atomic mass is 79.9. The normalized spacial score (nSPS) is 11.7. The van der Waals surface area contributed by atoms with E-state index >= 15 is 0 Å². The monoisotopic (exact) mass is 568 g/mol. The number of sulfonamides is 1. The molecule has 4 aromatic rings. The molecule has 7 nitrogen and oxygen atoms in total. The molecule has 0 saturated heterocycles. The maximum atomic E-state index is 13.2. The Labute approximate surface area is 218 Å². The smallest absolute Gasteiger partial charge is 0.243 e. The van der Waals surface area contributed by atoms with Gasteiger partial charge in [0, 0.05) is 34.1 Å². The minimum Gasteiger partial charge on any atom is -0.450 e. The van der Waals surface area contributed by atoms with Crippen molar-refractivity contribution in [3.63, 3.8) is 0 Å². The fourth-order valence-corrected chi connectivity index (χ4v) is 5.63. The summed E-state index contributed by atoms with van der Waals surface area (Å²) in [4.78, 5) is 26.3. The molecule has 0 amide bonds. The van der Waals surface area contributed by atoms with Crippen molar-refractivity contribution in [3.05, 3.63) is 94.2 Å². The molecule has 0 spiro atoms. The van der Waals surface area contributed by atoms with Crippen LogP contribution in [0, 0.1) is 0 Å². The standard InChI is InChI=1S/C27H25BrN2O5S/c1-3-30(4-2)36(33,34)21-15-11-18(12-16-21)23(31)17-29-25-22-7-5-6-8-24(22)35-27(25)26(32)19-9-13-20(28)14-10-19/h5-16,29H,3-4,17H2,1-2H3.